The Morgan fingerprint density at radius 1 is 0.895 bits per heavy atom. The highest BCUT2D eigenvalue weighted by Crippen LogP contribution is 2.23. The maximum Gasteiger partial charge on any atom is 0.501 e. The normalized spacial score (nSPS) is 13.7. The van der Waals surface area contributed by atoms with Crippen LogP contribution in [0.4, 0.5) is 0 Å². The van der Waals surface area contributed by atoms with Crippen LogP contribution < -0.4 is 0 Å². The molecule has 0 saturated heterocycles. The van der Waals surface area contributed by atoms with Crippen molar-refractivity contribution in [1.29, 1.82) is 0 Å². The minimum absolute atomic E-state index is 0.134. The van der Waals surface area contributed by atoms with Gasteiger partial charge in [-0.2, -0.15) is 0 Å². The van der Waals surface area contributed by atoms with Crippen LogP contribution in [0.2, 0.25) is 6.04 Å². The van der Waals surface area contributed by atoms with E-state index in [0.717, 1.165) is 12.5 Å². The Bertz CT molecular complexity index is 197. The standard InChI is InChI=1S/C14H32O3SSi/c1-5-8-9-10-11-12-13-19(15-6-2,16-7-3)17-14(4)18/h14,18H,5-13H2,1-4H3. The molecule has 3 nitrogen and oxygen atoms in total. The van der Waals surface area contributed by atoms with E-state index in [1.165, 1.54) is 32.1 Å². The van der Waals surface area contributed by atoms with Gasteiger partial charge in [-0.15, -0.1) is 12.6 Å². The van der Waals surface area contributed by atoms with E-state index in [-0.39, 0.29) is 5.44 Å². The monoisotopic (exact) mass is 308 g/mol. The number of hydrogen-bond donors (Lipinski definition) is 1. The van der Waals surface area contributed by atoms with E-state index < -0.39 is 8.80 Å². The molecule has 0 saturated carbocycles. The largest absolute Gasteiger partial charge is 0.501 e. The van der Waals surface area contributed by atoms with E-state index in [4.69, 9.17) is 13.3 Å². The predicted molar refractivity (Wildman–Crippen MR) is 86.7 cm³/mol. The Morgan fingerprint density at radius 3 is 1.89 bits per heavy atom. The van der Waals surface area contributed by atoms with E-state index in [9.17, 15) is 0 Å². The highest BCUT2D eigenvalue weighted by molar-refractivity contribution is 7.80. The van der Waals surface area contributed by atoms with Gasteiger partial charge in [-0.05, 0) is 27.2 Å². The Labute approximate surface area is 126 Å². The van der Waals surface area contributed by atoms with E-state index in [1.54, 1.807) is 0 Å². The minimum atomic E-state index is -2.50. The van der Waals surface area contributed by atoms with Gasteiger partial charge < -0.3 is 13.3 Å². The van der Waals surface area contributed by atoms with Gasteiger partial charge >= 0.3 is 8.80 Å². The van der Waals surface area contributed by atoms with Crippen molar-refractivity contribution in [1.82, 2.24) is 0 Å². The third kappa shape index (κ3) is 9.90. The SMILES string of the molecule is CCCCCCCC[Si](OCC)(OCC)OC(C)S. The smallest absolute Gasteiger partial charge is 0.374 e. The maximum atomic E-state index is 5.91. The Morgan fingerprint density at radius 2 is 1.42 bits per heavy atom. The summed E-state index contributed by atoms with van der Waals surface area (Å²) in [4.78, 5) is 0. The molecular weight excluding hydrogens is 276 g/mol. The molecule has 0 N–H and O–H groups in total. The average Bonchev–Trinajstić information content (AvgIpc) is 2.33. The van der Waals surface area contributed by atoms with Crippen molar-refractivity contribution in [3.05, 3.63) is 0 Å². The van der Waals surface area contributed by atoms with E-state index >= 15 is 0 Å². The first-order chi connectivity index (χ1) is 9.10. The molecule has 0 aromatic heterocycles. The lowest BCUT2D eigenvalue weighted by atomic mass is 10.1. The van der Waals surface area contributed by atoms with Crippen molar-refractivity contribution in [2.45, 2.75) is 77.7 Å². The molecule has 0 bridgehead atoms. The molecule has 0 spiro atoms. The summed E-state index contributed by atoms with van der Waals surface area (Å²) < 4.78 is 17.6. The third-order valence-corrected chi connectivity index (χ3v) is 6.35. The Hall–Kier alpha value is 0.447. The molecule has 0 aliphatic heterocycles. The molecule has 0 fully saturated rings. The Balaban J connectivity index is 4.15. The maximum absolute atomic E-state index is 5.91. The van der Waals surface area contributed by atoms with Crippen LogP contribution in [0, 0.1) is 0 Å². The van der Waals surface area contributed by atoms with Crippen molar-refractivity contribution < 1.29 is 13.3 Å². The van der Waals surface area contributed by atoms with Gasteiger partial charge in [0.2, 0.25) is 0 Å². The van der Waals surface area contributed by atoms with Gasteiger partial charge in [-0.3, -0.25) is 0 Å². The predicted octanol–water partition coefficient (Wildman–Crippen LogP) is 4.65. The summed E-state index contributed by atoms with van der Waals surface area (Å²) >= 11 is 4.32. The lowest BCUT2D eigenvalue weighted by molar-refractivity contribution is 0.0626. The van der Waals surface area contributed by atoms with Gasteiger partial charge in [-0.25, -0.2) is 0 Å². The van der Waals surface area contributed by atoms with Crippen LogP contribution in [0.15, 0.2) is 0 Å². The second kappa shape index (κ2) is 12.2. The van der Waals surface area contributed by atoms with Gasteiger partial charge in [0.25, 0.3) is 0 Å². The zero-order valence-electron chi connectivity index (χ0n) is 13.1. The number of hydrogen-bond acceptors (Lipinski definition) is 4. The highest BCUT2D eigenvalue weighted by Gasteiger charge is 2.41. The first-order valence-electron chi connectivity index (χ1n) is 7.74. The fourth-order valence-electron chi connectivity index (χ4n) is 2.13. The van der Waals surface area contributed by atoms with Crippen LogP contribution in [0.1, 0.15) is 66.2 Å². The van der Waals surface area contributed by atoms with Gasteiger partial charge in [0.05, 0.1) is 5.44 Å². The van der Waals surface area contributed by atoms with Gasteiger partial charge in [0.1, 0.15) is 0 Å². The summed E-state index contributed by atoms with van der Waals surface area (Å²) in [5.41, 5.74) is -0.134. The summed E-state index contributed by atoms with van der Waals surface area (Å²) in [6, 6.07) is 0.908. The van der Waals surface area contributed by atoms with Crippen molar-refractivity contribution in [3.8, 4) is 0 Å². The van der Waals surface area contributed by atoms with Crippen LogP contribution >= 0.6 is 12.6 Å². The third-order valence-electron chi connectivity index (χ3n) is 2.92. The summed E-state index contributed by atoms with van der Waals surface area (Å²) in [5.74, 6) is 0. The van der Waals surface area contributed by atoms with Crippen LogP contribution in [0.5, 0.6) is 0 Å². The molecule has 5 heteroatoms. The summed E-state index contributed by atoms with van der Waals surface area (Å²) in [7, 11) is -2.50. The molecule has 0 heterocycles. The quantitative estimate of drug-likeness (QED) is 0.232. The lowest BCUT2D eigenvalue weighted by Crippen LogP contribution is -2.47. The van der Waals surface area contributed by atoms with Crippen molar-refractivity contribution in [2.75, 3.05) is 13.2 Å². The van der Waals surface area contributed by atoms with E-state index in [1.807, 2.05) is 20.8 Å². The van der Waals surface area contributed by atoms with Gasteiger partial charge in [0, 0.05) is 19.3 Å². The second-order valence-electron chi connectivity index (χ2n) is 4.78. The van der Waals surface area contributed by atoms with Crippen LogP contribution in [-0.2, 0) is 13.3 Å². The molecule has 1 unspecified atom stereocenters. The average molecular weight is 309 g/mol. The van der Waals surface area contributed by atoms with Crippen molar-refractivity contribution in [2.24, 2.45) is 0 Å². The summed E-state index contributed by atoms with van der Waals surface area (Å²) in [6.07, 6.45) is 7.61. The van der Waals surface area contributed by atoms with Crippen molar-refractivity contribution >= 4 is 21.4 Å². The zero-order chi connectivity index (χ0) is 14.6. The fourth-order valence-corrected chi connectivity index (χ4v) is 5.32. The molecule has 0 aliphatic carbocycles. The van der Waals surface area contributed by atoms with Crippen molar-refractivity contribution in [3.63, 3.8) is 0 Å². The van der Waals surface area contributed by atoms with Gasteiger partial charge in [-0.1, -0.05) is 39.0 Å². The highest BCUT2D eigenvalue weighted by atomic mass is 32.1. The molecule has 116 valence electrons. The molecule has 1 atom stereocenters. The first-order valence-corrected chi connectivity index (χ1v) is 10.2. The summed E-state index contributed by atoms with van der Waals surface area (Å²) in [6.45, 7) is 9.43. The lowest BCUT2D eigenvalue weighted by Gasteiger charge is -2.30. The van der Waals surface area contributed by atoms with Gasteiger partial charge in [0.15, 0.2) is 0 Å². The second-order valence-corrected chi connectivity index (χ2v) is 8.19. The topological polar surface area (TPSA) is 27.7 Å². The van der Waals surface area contributed by atoms with Crippen LogP contribution in [-0.4, -0.2) is 27.5 Å². The molecular formula is C14H32O3SSi. The zero-order valence-corrected chi connectivity index (χ0v) is 15.0. The fraction of sp³-hybridized carbons (Fsp3) is 1.00. The molecule has 19 heavy (non-hydrogen) atoms. The molecule has 0 aliphatic rings. The molecule has 0 aromatic carbocycles. The molecule has 0 aromatic rings. The molecule has 0 amide bonds. The number of thiol groups is 1. The minimum Gasteiger partial charge on any atom is -0.374 e. The molecule has 0 rings (SSSR count). The number of rotatable bonds is 13. The van der Waals surface area contributed by atoms with E-state index in [0.29, 0.717) is 13.2 Å². The molecule has 0 radical (unpaired) electrons. The number of unbranched alkanes of at least 4 members (excludes halogenated alkanes) is 5. The summed E-state index contributed by atoms with van der Waals surface area (Å²) in [5, 5.41) is 0. The van der Waals surface area contributed by atoms with E-state index in [2.05, 4.69) is 19.6 Å². The van der Waals surface area contributed by atoms with Crippen LogP contribution in [0.3, 0.4) is 0 Å². The van der Waals surface area contributed by atoms with Crippen LogP contribution in [0.25, 0.3) is 0 Å². The first kappa shape index (κ1) is 19.4. The Kier molecular flexibility index (Phi) is 12.5.